The van der Waals surface area contributed by atoms with Crippen molar-refractivity contribution in [3.05, 3.63) is 16.8 Å². The Balaban J connectivity index is 0.00000192. The van der Waals surface area contributed by atoms with Crippen LogP contribution in [-0.2, 0) is 12.8 Å². The second-order valence-corrected chi connectivity index (χ2v) is 8.36. The number of hydrogen-bond donors (Lipinski definition) is 0. The zero-order valence-electron chi connectivity index (χ0n) is 14.6. The van der Waals surface area contributed by atoms with Gasteiger partial charge in [-0.05, 0) is 43.1 Å². The Labute approximate surface area is 149 Å². The van der Waals surface area contributed by atoms with E-state index in [9.17, 15) is 0 Å². The summed E-state index contributed by atoms with van der Waals surface area (Å²) in [7, 11) is 0. The fourth-order valence-electron chi connectivity index (χ4n) is 3.44. The SMILES string of the molecule is CC(C)CN(CC(C)C)c1ncnc2sc3c(c12)CCCC3.Cl. The Bertz CT molecular complexity index is 641. The Morgan fingerprint density at radius 3 is 2.35 bits per heavy atom. The topological polar surface area (TPSA) is 29.0 Å². The molecule has 2 aromatic rings. The smallest absolute Gasteiger partial charge is 0.141 e. The number of fused-ring (bicyclic) bond motifs is 3. The van der Waals surface area contributed by atoms with Gasteiger partial charge in [-0.2, -0.15) is 0 Å². The maximum absolute atomic E-state index is 4.72. The number of rotatable bonds is 5. The van der Waals surface area contributed by atoms with Crippen LogP contribution in [0.5, 0.6) is 0 Å². The van der Waals surface area contributed by atoms with Crippen molar-refractivity contribution in [3.63, 3.8) is 0 Å². The third-order valence-electron chi connectivity index (χ3n) is 4.20. The van der Waals surface area contributed by atoms with Crippen LogP contribution in [0.1, 0.15) is 51.0 Å². The molecule has 0 aliphatic heterocycles. The van der Waals surface area contributed by atoms with E-state index in [-0.39, 0.29) is 12.4 Å². The van der Waals surface area contributed by atoms with Crippen LogP contribution >= 0.6 is 23.7 Å². The highest BCUT2D eigenvalue weighted by Crippen LogP contribution is 2.39. The Morgan fingerprint density at radius 2 is 1.70 bits per heavy atom. The Morgan fingerprint density at radius 1 is 1.04 bits per heavy atom. The number of anilines is 1. The molecule has 0 unspecified atom stereocenters. The van der Waals surface area contributed by atoms with Crippen LogP contribution in [0.3, 0.4) is 0 Å². The summed E-state index contributed by atoms with van der Waals surface area (Å²) in [5.74, 6) is 2.45. The van der Waals surface area contributed by atoms with Crippen molar-refractivity contribution in [3.8, 4) is 0 Å². The van der Waals surface area contributed by atoms with Crippen LogP contribution < -0.4 is 4.90 Å². The maximum atomic E-state index is 4.72. The van der Waals surface area contributed by atoms with Gasteiger partial charge in [0.25, 0.3) is 0 Å². The summed E-state index contributed by atoms with van der Waals surface area (Å²) in [6, 6.07) is 0. The molecule has 23 heavy (non-hydrogen) atoms. The summed E-state index contributed by atoms with van der Waals surface area (Å²) in [6.07, 6.45) is 6.82. The van der Waals surface area contributed by atoms with Gasteiger partial charge in [-0.1, -0.05) is 27.7 Å². The molecular formula is C18H28ClN3S. The largest absolute Gasteiger partial charge is 0.355 e. The lowest BCUT2D eigenvalue weighted by atomic mass is 9.96. The van der Waals surface area contributed by atoms with Gasteiger partial charge in [0, 0.05) is 18.0 Å². The summed E-state index contributed by atoms with van der Waals surface area (Å²) >= 11 is 1.89. The molecule has 1 aliphatic rings. The lowest BCUT2D eigenvalue weighted by Crippen LogP contribution is -2.32. The number of thiophene rings is 1. The number of halogens is 1. The molecule has 3 nitrogen and oxygen atoms in total. The summed E-state index contributed by atoms with van der Waals surface area (Å²) in [5, 5.41) is 1.35. The van der Waals surface area contributed by atoms with E-state index in [2.05, 4.69) is 37.6 Å². The molecule has 0 N–H and O–H groups in total. The van der Waals surface area contributed by atoms with E-state index in [0.29, 0.717) is 11.8 Å². The fourth-order valence-corrected chi connectivity index (χ4v) is 4.67. The highest BCUT2D eigenvalue weighted by molar-refractivity contribution is 7.19. The average molecular weight is 354 g/mol. The monoisotopic (exact) mass is 353 g/mol. The highest BCUT2D eigenvalue weighted by Gasteiger charge is 2.23. The van der Waals surface area contributed by atoms with Crippen molar-refractivity contribution < 1.29 is 0 Å². The van der Waals surface area contributed by atoms with Crippen LogP contribution in [-0.4, -0.2) is 23.1 Å². The average Bonchev–Trinajstić information content (AvgIpc) is 2.84. The van der Waals surface area contributed by atoms with Crippen molar-refractivity contribution in [2.45, 2.75) is 53.4 Å². The van der Waals surface area contributed by atoms with Crippen molar-refractivity contribution in [1.29, 1.82) is 0 Å². The van der Waals surface area contributed by atoms with Crippen molar-refractivity contribution in [2.75, 3.05) is 18.0 Å². The second kappa shape index (κ2) is 7.80. The summed E-state index contributed by atoms with van der Waals surface area (Å²) < 4.78 is 0. The first kappa shape index (κ1) is 18.5. The molecule has 2 heterocycles. The molecule has 2 aromatic heterocycles. The minimum Gasteiger partial charge on any atom is -0.355 e. The third kappa shape index (κ3) is 3.97. The minimum atomic E-state index is 0. The predicted molar refractivity (Wildman–Crippen MR) is 103 cm³/mol. The van der Waals surface area contributed by atoms with Crippen molar-refractivity contribution >= 4 is 39.8 Å². The molecule has 0 fully saturated rings. The van der Waals surface area contributed by atoms with Gasteiger partial charge in [0.15, 0.2) is 0 Å². The molecule has 0 radical (unpaired) electrons. The molecule has 0 spiro atoms. The van der Waals surface area contributed by atoms with Crippen molar-refractivity contribution in [2.24, 2.45) is 11.8 Å². The second-order valence-electron chi connectivity index (χ2n) is 7.28. The molecule has 128 valence electrons. The zero-order chi connectivity index (χ0) is 15.7. The van der Waals surface area contributed by atoms with Crippen LogP contribution in [0, 0.1) is 11.8 Å². The molecular weight excluding hydrogens is 326 g/mol. The van der Waals surface area contributed by atoms with Crippen LogP contribution in [0.25, 0.3) is 10.2 Å². The van der Waals surface area contributed by atoms with E-state index in [0.717, 1.165) is 13.1 Å². The standard InChI is InChI=1S/C18H27N3S.ClH/c1-12(2)9-21(10-13(3)4)17-16-14-7-5-6-8-15(14)22-18(16)20-11-19-17;/h11-13H,5-10H2,1-4H3;1H. The first-order valence-electron chi connectivity index (χ1n) is 8.56. The van der Waals surface area contributed by atoms with Gasteiger partial charge in [-0.3, -0.25) is 0 Å². The molecule has 1 aliphatic carbocycles. The normalized spacial score (nSPS) is 14.2. The summed E-state index contributed by atoms with van der Waals surface area (Å²) in [4.78, 5) is 14.5. The molecule has 0 atom stereocenters. The molecule has 3 rings (SSSR count). The molecule has 5 heteroatoms. The maximum Gasteiger partial charge on any atom is 0.141 e. The predicted octanol–water partition coefficient (Wildman–Crippen LogP) is 5.11. The number of aryl methyl sites for hydroxylation is 2. The minimum absolute atomic E-state index is 0. The number of hydrogen-bond acceptors (Lipinski definition) is 4. The summed E-state index contributed by atoms with van der Waals surface area (Å²) in [6.45, 7) is 11.3. The first-order chi connectivity index (χ1) is 10.6. The van der Waals surface area contributed by atoms with E-state index in [4.69, 9.17) is 4.98 Å². The van der Waals surface area contributed by atoms with E-state index in [1.54, 1.807) is 16.8 Å². The molecule has 0 aromatic carbocycles. The van der Waals surface area contributed by atoms with E-state index >= 15 is 0 Å². The van der Waals surface area contributed by atoms with E-state index in [1.807, 2.05) is 11.3 Å². The van der Waals surface area contributed by atoms with Gasteiger partial charge in [-0.25, -0.2) is 9.97 Å². The quantitative estimate of drug-likeness (QED) is 0.747. The number of nitrogens with zero attached hydrogens (tertiary/aromatic N) is 3. The van der Waals surface area contributed by atoms with Crippen LogP contribution in [0.4, 0.5) is 5.82 Å². The number of aromatic nitrogens is 2. The lowest BCUT2D eigenvalue weighted by molar-refractivity contribution is 0.549. The van der Waals surface area contributed by atoms with Gasteiger partial charge >= 0.3 is 0 Å². The van der Waals surface area contributed by atoms with Gasteiger partial charge < -0.3 is 4.90 Å². The highest BCUT2D eigenvalue weighted by atomic mass is 35.5. The molecule has 0 bridgehead atoms. The van der Waals surface area contributed by atoms with Gasteiger partial charge in [-0.15, -0.1) is 23.7 Å². The third-order valence-corrected chi connectivity index (χ3v) is 5.40. The molecule has 0 saturated heterocycles. The lowest BCUT2D eigenvalue weighted by Gasteiger charge is -2.28. The molecule has 0 saturated carbocycles. The van der Waals surface area contributed by atoms with E-state index in [1.165, 1.54) is 41.7 Å². The Hall–Kier alpha value is -0.870. The summed E-state index contributed by atoms with van der Waals surface area (Å²) in [5.41, 5.74) is 1.54. The van der Waals surface area contributed by atoms with Gasteiger partial charge in [0.05, 0.1) is 5.39 Å². The first-order valence-corrected chi connectivity index (χ1v) is 9.38. The van der Waals surface area contributed by atoms with Crippen LogP contribution in [0.2, 0.25) is 0 Å². The fraction of sp³-hybridized carbons (Fsp3) is 0.667. The molecule has 0 amide bonds. The van der Waals surface area contributed by atoms with Gasteiger partial charge in [0.2, 0.25) is 0 Å². The Kier molecular flexibility index (Phi) is 6.26. The van der Waals surface area contributed by atoms with Gasteiger partial charge in [0.1, 0.15) is 17.0 Å². The van der Waals surface area contributed by atoms with E-state index < -0.39 is 0 Å². The van der Waals surface area contributed by atoms with Crippen molar-refractivity contribution in [1.82, 2.24) is 9.97 Å². The van der Waals surface area contributed by atoms with Crippen LogP contribution in [0.15, 0.2) is 6.33 Å². The zero-order valence-corrected chi connectivity index (χ0v) is 16.3.